The minimum Gasteiger partial charge on any atom is -0.112 e. The molecule has 188 valence electrons. The summed E-state index contributed by atoms with van der Waals surface area (Å²) in [6.07, 6.45) is 0. The molecule has 7 aromatic rings. The summed E-state index contributed by atoms with van der Waals surface area (Å²) in [6.45, 7) is 0. The fourth-order valence-electron chi connectivity index (χ4n) is 6.50. The molecule has 0 saturated carbocycles. The Kier molecular flexibility index (Phi) is 7.55. The monoisotopic (exact) mass is 556 g/mol. The Balaban J connectivity index is 1.70. The van der Waals surface area contributed by atoms with Crippen molar-refractivity contribution in [3.63, 3.8) is 0 Å². The van der Waals surface area contributed by atoms with E-state index < -0.39 is 0 Å². The van der Waals surface area contributed by atoms with Gasteiger partial charge in [-0.2, -0.15) is 0 Å². The molecule has 0 bridgehead atoms. The van der Waals surface area contributed by atoms with Crippen LogP contribution in [0.4, 0.5) is 0 Å². The van der Waals surface area contributed by atoms with Crippen LogP contribution in [0.2, 0.25) is 0 Å². The van der Waals surface area contributed by atoms with Crippen molar-refractivity contribution in [2.24, 2.45) is 0 Å². The minimum atomic E-state index is 0.134. The maximum Gasteiger partial charge on any atom is 0.113 e. The molecular formula is C36H14B10. The Bertz CT molecular complexity index is 2370. The summed E-state index contributed by atoms with van der Waals surface area (Å²) in [5, 5.41) is 5.40. The first-order valence-corrected chi connectivity index (χ1v) is 14.5. The lowest BCUT2D eigenvalue weighted by atomic mass is 9.58. The van der Waals surface area contributed by atoms with Gasteiger partial charge < -0.3 is 0 Å². The summed E-state index contributed by atoms with van der Waals surface area (Å²) in [6, 6.07) is 28.4. The molecule has 0 heterocycles. The quantitative estimate of drug-likeness (QED) is 0.177. The molecule has 0 fully saturated rings. The molecule has 0 nitrogen and oxygen atoms in total. The van der Waals surface area contributed by atoms with Crippen LogP contribution in [0.3, 0.4) is 0 Å². The van der Waals surface area contributed by atoms with E-state index in [1.165, 1.54) is 0 Å². The van der Waals surface area contributed by atoms with Crippen LogP contribution in [0.15, 0.2) is 84.9 Å². The highest BCUT2D eigenvalue weighted by Gasteiger charge is 2.23. The number of fused-ring (bicyclic) bond motifs is 3. The number of hydrogen-bond donors (Lipinski definition) is 0. The molecule has 46 heavy (non-hydrogen) atoms. The molecule has 10 heteroatoms. The first-order valence-electron chi connectivity index (χ1n) is 14.5. The molecule has 0 aromatic heterocycles. The normalized spacial score (nSPS) is 11.5. The fourth-order valence-corrected chi connectivity index (χ4v) is 6.50. The van der Waals surface area contributed by atoms with E-state index in [4.69, 9.17) is 78.5 Å². The van der Waals surface area contributed by atoms with Gasteiger partial charge in [0, 0.05) is 0 Å². The SMILES string of the molecule is [B]c1c([B])c([B])c(-c2c3ccccc3c(-c3c([B])c([B])c([B])c([B])c3[B])c3cc(-c4ccc5ccccc5c4)ccc23)c([B])c1[B]. The van der Waals surface area contributed by atoms with Gasteiger partial charge in [0.05, 0.1) is 0 Å². The molecule has 20 radical (unpaired) electrons. The van der Waals surface area contributed by atoms with Crippen molar-refractivity contribution in [3.05, 3.63) is 84.9 Å². The fraction of sp³-hybridized carbons (Fsp3) is 0. The second kappa shape index (κ2) is 11.3. The third-order valence-electron chi connectivity index (χ3n) is 9.01. The van der Waals surface area contributed by atoms with Gasteiger partial charge in [0.2, 0.25) is 0 Å². The lowest BCUT2D eigenvalue weighted by Crippen LogP contribution is -2.55. The molecular weight excluding hydrogens is 541 g/mol. The van der Waals surface area contributed by atoms with Gasteiger partial charge in [0.25, 0.3) is 0 Å². The highest BCUT2D eigenvalue weighted by Crippen LogP contribution is 2.43. The van der Waals surface area contributed by atoms with Crippen LogP contribution < -0.4 is 54.6 Å². The van der Waals surface area contributed by atoms with E-state index in [1.807, 2.05) is 48.5 Å². The van der Waals surface area contributed by atoms with E-state index in [0.29, 0.717) is 11.1 Å². The molecule has 0 spiro atoms. The third kappa shape index (κ3) is 4.51. The van der Waals surface area contributed by atoms with Gasteiger partial charge in [-0.3, -0.25) is 0 Å². The molecule has 7 rings (SSSR count). The van der Waals surface area contributed by atoms with E-state index in [1.54, 1.807) is 0 Å². The highest BCUT2D eigenvalue weighted by molar-refractivity contribution is 6.70. The van der Waals surface area contributed by atoms with Crippen LogP contribution >= 0.6 is 0 Å². The number of hydrogen-bond acceptors (Lipinski definition) is 0. The largest absolute Gasteiger partial charge is 0.113 e. The van der Waals surface area contributed by atoms with Crippen LogP contribution in [0.25, 0.3) is 65.7 Å². The Morgan fingerprint density at radius 1 is 0.261 bits per heavy atom. The van der Waals surface area contributed by atoms with E-state index in [-0.39, 0.29) is 54.6 Å². The van der Waals surface area contributed by atoms with Gasteiger partial charge >= 0.3 is 0 Å². The summed E-state index contributed by atoms with van der Waals surface area (Å²) < 4.78 is 0. The summed E-state index contributed by atoms with van der Waals surface area (Å²) in [5.41, 5.74) is 6.14. The zero-order valence-electron chi connectivity index (χ0n) is 24.9. The maximum atomic E-state index is 6.70. The predicted octanol–water partition coefficient (Wildman–Crippen LogP) is -1.91. The molecule has 0 amide bonds. The zero-order chi connectivity index (χ0) is 32.6. The van der Waals surface area contributed by atoms with Gasteiger partial charge in [-0.15, -0.1) is 32.8 Å². The molecule has 0 atom stereocenters. The summed E-state index contributed by atoms with van der Waals surface area (Å²) in [4.78, 5) is 0. The van der Waals surface area contributed by atoms with Gasteiger partial charge in [-0.25, -0.2) is 0 Å². The van der Waals surface area contributed by atoms with Gasteiger partial charge in [0.15, 0.2) is 0 Å². The Hall–Kier alpha value is -4.03. The average Bonchev–Trinajstić information content (AvgIpc) is 3.08. The minimum absolute atomic E-state index is 0.134. The molecule has 0 aliphatic carbocycles. The maximum absolute atomic E-state index is 6.70. The molecule has 0 unspecified atom stereocenters. The summed E-state index contributed by atoms with van der Waals surface area (Å²) >= 11 is 0. The average molecular weight is 555 g/mol. The summed E-state index contributed by atoms with van der Waals surface area (Å²) in [5.74, 6) is 0. The van der Waals surface area contributed by atoms with Crippen molar-refractivity contribution in [2.75, 3.05) is 0 Å². The Morgan fingerprint density at radius 3 is 1.15 bits per heavy atom. The first-order chi connectivity index (χ1) is 22.0. The second-order valence-corrected chi connectivity index (χ2v) is 11.5. The Morgan fingerprint density at radius 2 is 0.630 bits per heavy atom. The van der Waals surface area contributed by atoms with E-state index in [0.717, 1.165) is 54.6 Å². The predicted molar refractivity (Wildman–Crippen MR) is 209 cm³/mol. The Labute approximate surface area is 282 Å². The van der Waals surface area contributed by atoms with Crippen LogP contribution in [0.5, 0.6) is 0 Å². The summed E-state index contributed by atoms with van der Waals surface area (Å²) in [7, 11) is 64.7. The molecule has 0 aliphatic rings. The van der Waals surface area contributed by atoms with Crippen molar-refractivity contribution in [2.45, 2.75) is 0 Å². The third-order valence-corrected chi connectivity index (χ3v) is 9.01. The van der Waals surface area contributed by atoms with Crippen LogP contribution in [-0.4, -0.2) is 78.5 Å². The molecule has 7 aromatic carbocycles. The lowest BCUT2D eigenvalue weighted by Gasteiger charge is -2.27. The zero-order valence-corrected chi connectivity index (χ0v) is 24.9. The van der Waals surface area contributed by atoms with Crippen LogP contribution in [0, 0.1) is 0 Å². The standard InChI is InChI=1S/C36H14B10/c37-27-25(28(38)32(42)35(45)31(27)41)23-19-7-3-4-8-20(19)24(26-29(39)33(43)36(46)34(44)30(26)40)22-14-18(11-12-21(22)23)17-10-9-15-5-1-2-6-16(15)13-17/h1-14H. The van der Waals surface area contributed by atoms with Crippen molar-refractivity contribution < 1.29 is 0 Å². The van der Waals surface area contributed by atoms with Crippen LogP contribution in [0.1, 0.15) is 0 Å². The van der Waals surface area contributed by atoms with Gasteiger partial charge in [-0.1, -0.05) is 94.6 Å². The van der Waals surface area contributed by atoms with Crippen molar-refractivity contribution in [1.29, 1.82) is 0 Å². The highest BCUT2D eigenvalue weighted by atomic mass is 14.2. The van der Waals surface area contributed by atoms with Gasteiger partial charge in [-0.05, 0) is 77.8 Å². The van der Waals surface area contributed by atoms with Crippen molar-refractivity contribution in [3.8, 4) is 33.4 Å². The van der Waals surface area contributed by atoms with E-state index >= 15 is 0 Å². The number of benzene rings is 7. The van der Waals surface area contributed by atoms with Gasteiger partial charge in [0.1, 0.15) is 78.5 Å². The molecule has 0 saturated heterocycles. The topological polar surface area (TPSA) is 0 Å². The second-order valence-electron chi connectivity index (χ2n) is 11.5. The smallest absolute Gasteiger partial charge is 0.112 e. The van der Waals surface area contributed by atoms with E-state index in [2.05, 4.69) is 36.4 Å². The lowest BCUT2D eigenvalue weighted by molar-refractivity contribution is 1.67. The number of rotatable bonds is 3. The van der Waals surface area contributed by atoms with Crippen molar-refractivity contribution >= 4 is 165 Å². The molecule has 0 aliphatic heterocycles. The van der Waals surface area contributed by atoms with E-state index in [9.17, 15) is 0 Å². The van der Waals surface area contributed by atoms with Crippen molar-refractivity contribution in [1.82, 2.24) is 0 Å². The molecule has 0 N–H and O–H groups in total. The van der Waals surface area contributed by atoms with Crippen LogP contribution in [-0.2, 0) is 0 Å². The first kappa shape index (κ1) is 30.6.